The molecule has 0 aliphatic carbocycles. The number of aryl methyl sites for hydroxylation is 1. The molecule has 11 nitrogen and oxygen atoms in total. The van der Waals surface area contributed by atoms with Gasteiger partial charge < -0.3 is 26.0 Å². The second kappa shape index (κ2) is 13.3. The van der Waals surface area contributed by atoms with E-state index >= 15 is 0 Å². The number of halogens is 1. The third kappa shape index (κ3) is 6.46. The molecule has 12 heteroatoms. The first-order chi connectivity index (χ1) is 19.3. The summed E-state index contributed by atoms with van der Waals surface area (Å²) >= 11 is 6.46. The summed E-state index contributed by atoms with van der Waals surface area (Å²) in [5, 5.41) is 20.8. The summed E-state index contributed by atoms with van der Waals surface area (Å²) in [6.45, 7) is 7.54. The summed E-state index contributed by atoms with van der Waals surface area (Å²) in [7, 11) is 0. The van der Waals surface area contributed by atoms with E-state index < -0.39 is 5.91 Å². The molecule has 40 heavy (non-hydrogen) atoms. The van der Waals surface area contributed by atoms with Crippen molar-refractivity contribution in [1.29, 1.82) is 5.26 Å². The zero-order chi connectivity index (χ0) is 28.8. The third-order valence-corrected chi connectivity index (χ3v) is 8.01. The number of piperidine rings is 1. The molecule has 1 atom stereocenters. The van der Waals surface area contributed by atoms with Gasteiger partial charge in [-0.1, -0.05) is 36.2 Å². The number of anilines is 2. The fourth-order valence-electron chi connectivity index (χ4n) is 5.68. The number of rotatable bonds is 8. The molecule has 2 saturated heterocycles. The van der Waals surface area contributed by atoms with E-state index in [2.05, 4.69) is 38.1 Å². The Kier molecular flexibility index (Phi) is 9.79. The smallest absolute Gasteiger partial charge is 0.273 e. The molecule has 2 amide bonds. The molecule has 2 fully saturated rings. The Bertz CT molecular complexity index is 1270. The highest BCUT2D eigenvalue weighted by Gasteiger charge is 2.35. The number of nitrogens with two attached hydrogens (primary N) is 1. The molecule has 2 aromatic rings. The van der Waals surface area contributed by atoms with Gasteiger partial charge in [0.2, 0.25) is 0 Å². The lowest BCUT2D eigenvalue weighted by molar-refractivity contribution is 0.0490. The number of benzene rings is 1. The van der Waals surface area contributed by atoms with Crippen LogP contribution in [0.5, 0.6) is 0 Å². The minimum Gasteiger partial charge on any atom is -0.395 e. The van der Waals surface area contributed by atoms with Gasteiger partial charge in [0, 0.05) is 56.9 Å². The normalized spacial score (nSPS) is 18.4. The van der Waals surface area contributed by atoms with E-state index in [0.29, 0.717) is 43.6 Å². The van der Waals surface area contributed by atoms with Gasteiger partial charge in [0.05, 0.1) is 19.1 Å². The minimum absolute atomic E-state index is 0.000134. The summed E-state index contributed by atoms with van der Waals surface area (Å²) in [5.41, 5.74) is 8.45. The van der Waals surface area contributed by atoms with Gasteiger partial charge in [0.15, 0.2) is 22.5 Å². The molecule has 2 aliphatic heterocycles. The summed E-state index contributed by atoms with van der Waals surface area (Å²) in [4.78, 5) is 40.7. The van der Waals surface area contributed by atoms with E-state index in [0.717, 1.165) is 36.9 Å². The number of nitriles is 1. The molecule has 4 rings (SSSR count). The molecule has 0 spiro atoms. The maximum atomic E-state index is 13.3. The molecule has 1 aromatic heterocycles. The molecule has 1 aromatic carbocycles. The van der Waals surface area contributed by atoms with Crippen LogP contribution in [-0.4, -0.2) is 94.6 Å². The van der Waals surface area contributed by atoms with Crippen LogP contribution in [0.1, 0.15) is 58.2 Å². The molecule has 4 N–H and O–H groups in total. The molecular weight excluding hydrogens is 532 g/mol. The van der Waals surface area contributed by atoms with Crippen LogP contribution in [0.25, 0.3) is 0 Å². The maximum absolute atomic E-state index is 13.3. The van der Waals surface area contributed by atoms with Crippen molar-refractivity contribution < 1.29 is 14.7 Å². The zero-order valence-corrected chi connectivity index (χ0v) is 23.8. The van der Waals surface area contributed by atoms with Crippen molar-refractivity contribution in [2.75, 3.05) is 56.5 Å². The zero-order valence-electron chi connectivity index (χ0n) is 23.1. The molecule has 2 aliphatic rings. The summed E-state index contributed by atoms with van der Waals surface area (Å²) in [6.07, 6.45) is 2.92. The highest BCUT2D eigenvalue weighted by Crippen LogP contribution is 2.30. The van der Waals surface area contributed by atoms with E-state index in [-0.39, 0.29) is 48.2 Å². The Balaban J connectivity index is 1.39. The lowest BCUT2D eigenvalue weighted by Gasteiger charge is -2.47. The van der Waals surface area contributed by atoms with Gasteiger partial charge in [-0.3, -0.25) is 14.5 Å². The standard InChI is InChI=1S/C28H37ClN8O3/c1-3-20-17-36(26-24(29)33-23(25(31)34-26)27(39)32-10-15-38)13-14-37(20)21-7-11-35(12-8-21)28(40)22-5-4-18(2)16-19(22)6-9-30/h4-5,16,20-21,38H,3,6-8,10-15,17H2,1-2H3,(H2,31,34)(H,32,39)/t20-/m0/s1. The number of amides is 2. The number of carbonyl (C=O) groups excluding carboxylic acids is 2. The number of nitrogens with one attached hydrogen (secondary N) is 1. The Hall–Kier alpha value is -3.46. The summed E-state index contributed by atoms with van der Waals surface area (Å²) in [5.74, 6) is -0.0754. The quantitative estimate of drug-likeness (QED) is 0.434. The van der Waals surface area contributed by atoms with E-state index in [1.165, 1.54) is 0 Å². The van der Waals surface area contributed by atoms with Crippen LogP contribution >= 0.6 is 11.6 Å². The molecule has 0 unspecified atom stereocenters. The molecule has 0 bridgehead atoms. The van der Waals surface area contributed by atoms with E-state index in [4.69, 9.17) is 22.4 Å². The van der Waals surface area contributed by atoms with Crippen molar-refractivity contribution in [3.05, 3.63) is 45.7 Å². The first-order valence-corrected chi connectivity index (χ1v) is 14.1. The Labute approximate surface area is 239 Å². The number of carbonyl (C=O) groups is 2. The summed E-state index contributed by atoms with van der Waals surface area (Å²) in [6, 6.07) is 8.49. The Morgan fingerprint density at radius 1 is 1.23 bits per heavy atom. The second-order valence-electron chi connectivity index (χ2n) is 10.3. The minimum atomic E-state index is -0.530. The van der Waals surface area contributed by atoms with Gasteiger partial charge in [0.25, 0.3) is 11.8 Å². The summed E-state index contributed by atoms with van der Waals surface area (Å²) < 4.78 is 0. The number of nitrogens with zero attached hydrogens (tertiary/aromatic N) is 6. The fourth-order valence-corrected chi connectivity index (χ4v) is 5.93. The van der Waals surface area contributed by atoms with Gasteiger partial charge >= 0.3 is 0 Å². The number of likely N-dealkylation sites (tertiary alicyclic amines) is 1. The Morgan fingerprint density at radius 3 is 2.65 bits per heavy atom. The predicted molar refractivity (Wildman–Crippen MR) is 153 cm³/mol. The number of aliphatic hydroxyl groups is 1. The van der Waals surface area contributed by atoms with E-state index in [1.54, 1.807) is 0 Å². The molecular formula is C28H37ClN8O3. The fraction of sp³-hybridized carbons (Fsp3) is 0.536. The largest absolute Gasteiger partial charge is 0.395 e. The van der Waals surface area contributed by atoms with Crippen LogP contribution in [0.2, 0.25) is 5.15 Å². The van der Waals surface area contributed by atoms with Crippen LogP contribution in [0.3, 0.4) is 0 Å². The number of nitrogen functional groups attached to an aromatic ring is 1. The van der Waals surface area contributed by atoms with Crippen molar-refractivity contribution >= 4 is 35.1 Å². The van der Waals surface area contributed by atoms with Gasteiger partial charge in [-0.05, 0) is 37.8 Å². The number of piperazine rings is 1. The number of aliphatic hydroxyl groups excluding tert-OH is 1. The highest BCUT2D eigenvalue weighted by atomic mass is 35.5. The van der Waals surface area contributed by atoms with Crippen LogP contribution in [0, 0.1) is 18.3 Å². The topological polar surface area (TPSA) is 152 Å². The average molecular weight is 569 g/mol. The van der Waals surface area contributed by atoms with Gasteiger partial charge in [0.1, 0.15) is 0 Å². The predicted octanol–water partition coefficient (Wildman–Crippen LogP) is 2.01. The molecule has 214 valence electrons. The van der Waals surface area contributed by atoms with Gasteiger partial charge in [-0.25, -0.2) is 9.97 Å². The van der Waals surface area contributed by atoms with Crippen molar-refractivity contribution in [1.82, 2.24) is 25.1 Å². The van der Waals surface area contributed by atoms with Crippen LogP contribution in [-0.2, 0) is 6.42 Å². The van der Waals surface area contributed by atoms with Gasteiger partial charge in [-0.15, -0.1) is 0 Å². The number of aromatic nitrogens is 2. The monoisotopic (exact) mass is 568 g/mol. The van der Waals surface area contributed by atoms with Crippen molar-refractivity contribution in [3.8, 4) is 6.07 Å². The number of hydrogen-bond acceptors (Lipinski definition) is 9. The average Bonchev–Trinajstić information content (AvgIpc) is 2.96. The first-order valence-electron chi connectivity index (χ1n) is 13.8. The van der Waals surface area contributed by atoms with Crippen LogP contribution in [0.15, 0.2) is 18.2 Å². The molecule has 0 radical (unpaired) electrons. The van der Waals surface area contributed by atoms with Gasteiger partial charge in [-0.2, -0.15) is 5.26 Å². The van der Waals surface area contributed by atoms with Crippen LogP contribution < -0.4 is 16.0 Å². The van der Waals surface area contributed by atoms with Crippen LogP contribution in [0.4, 0.5) is 11.6 Å². The third-order valence-electron chi connectivity index (χ3n) is 7.76. The SMILES string of the molecule is CC[C@H]1CN(c2nc(N)c(C(=O)NCCO)nc2Cl)CCN1C1CCN(C(=O)c2ccc(C)cc2CC#N)CC1. The van der Waals surface area contributed by atoms with Crippen molar-refractivity contribution in [2.24, 2.45) is 0 Å². The second-order valence-corrected chi connectivity index (χ2v) is 10.7. The molecule has 0 saturated carbocycles. The lowest BCUT2D eigenvalue weighted by atomic mass is 9.96. The maximum Gasteiger partial charge on any atom is 0.273 e. The highest BCUT2D eigenvalue weighted by molar-refractivity contribution is 6.32. The van der Waals surface area contributed by atoms with E-state index in [9.17, 15) is 14.9 Å². The number of hydrogen-bond donors (Lipinski definition) is 3. The van der Waals surface area contributed by atoms with Crippen molar-refractivity contribution in [2.45, 2.75) is 51.6 Å². The lowest BCUT2D eigenvalue weighted by Crippen LogP contribution is -2.58. The Morgan fingerprint density at radius 2 is 1.98 bits per heavy atom. The van der Waals surface area contributed by atoms with E-state index in [1.807, 2.05) is 30.0 Å². The van der Waals surface area contributed by atoms with Crippen molar-refractivity contribution in [3.63, 3.8) is 0 Å². The molecule has 3 heterocycles. The first kappa shape index (κ1) is 29.5.